The molecule has 0 aromatic carbocycles. The average Bonchev–Trinajstić information content (AvgIpc) is 3.37. The van der Waals surface area contributed by atoms with Crippen molar-refractivity contribution in [2.24, 2.45) is 4.99 Å². The Morgan fingerprint density at radius 1 is 1.33 bits per heavy atom. The van der Waals surface area contributed by atoms with Crippen molar-refractivity contribution in [1.29, 1.82) is 0 Å². The van der Waals surface area contributed by atoms with Crippen LogP contribution < -0.4 is 10.6 Å². The van der Waals surface area contributed by atoms with Gasteiger partial charge in [-0.25, -0.2) is 0 Å². The lowest BCUT2D eigenvalue weighted by molar-refractivity contribution is 0.0177. The highest BCUT2D eigenvalue weighted by Gasteiger charge is 2.23. The van der Waals surface area contributed by atoms with Gasteiger partial charge in [-0.05, 0) is 17.4 Å². The smallest absolute Gasteiger partial charge is 0.191 e. The number of morpholine rings is 1. The van der Waals surface area contributed by atoms with Gasteiger partial charge in [0.15, 0.2) is 11.7 Å². The van der Waals surface area contributed by atoms with Gasteiger partial charge in [-0.2, -0.15) is 0 Å². The van der Waals surface area contributed by atoms with E-state index in [9.17, 15) is 0 Å². The molecule has 148 valence electrons. The SMILES string of the molecule is CN=C(NCc1cc(C(C)C)no1)NCC(c1cccs1)N1CCOCC1. The molecule has 1 atom stereocenters. The van der Waals surface area contributed by atoms with Crippen LogP contribution >= 0.6 is 11.3 Å². The number of nitrogens with zero attached hydrogens (tertiary/aromatic N) is 3. The van der Waals surface area contributed by atoms with E-state index in [-0.39, 0.29) is 0 Å². The van der Waals surface area contributed by atoms with Crippen LogP contribution in [-0.2, 0) is 11.3 Å². The fourth-order valence-corrected chi connectivity index (χ4v) is 3.91. The van der Waals surface area contributed by atoms with Crippen LogP contribution in [0, 0.1) is 0 Å². The Bertz CT molecular complexity index is 708. The van der Waals surface area contributed by atoms with Gasteiger partial charge in [-0.1, -0.05) is 25.1 Å². The number of hydrogen-bond donors (Lipinski definition) is 2. The maximum atomic E-state index is 5.51. The molecule has 1 saturated heterocycles. The molecule has 1 fully saturated rings. The first-order chi connectivity index (χ1) is 13.2. The van der Waals surface area contributed by atoms with Gasteiger partial charge in [-0.15, -0.1) is 11.3 Å². The topological polar surface area (TPSA) is 74.9 Å². The van der Waals surface area contributed by atoms with Crippen molar-refractivity contribution in [3.8, 4) is 0 Å². The third kappa shape index (κ3) is 5.54. The molecule has 0 saturated carbocycles. The van der Waals surface area contributed by atoms with Crippen molar-refractivity contribution in [3.63, 3.8) is 0 Å². The highest BCUT2D eigenvalue weighted by atomic mass is 32.1. The van der Waals surface area contributed by atoms with E-state index in [1.807, 2.05) is 6.07 Å². The lowest BCUT2D eigenvalue weighted by Gasteiger charge is -2.34. The van der Waals surface area contributed by atoms with Gasteiger partial charge in [-0.3, -0.25) is 9.89 Å². The first-order valence-corrected chi connectivity index (χ1v) is 10.3. The third-order valence-corrected chi connectivity index (χ3v) is 5.62. The number of ether oxygens (including phenoxy) is 1. The summed E-state index contributed by atoms with van der Waals surface area (Å²) >= 11 is 1.79. The summed E-state index contributed by atoms with van der Waals surface area (Å²) in [6.45, 7) is 9.03. The van der Waals surface area contributed by atoms with Crippen LogP contribution in [0.3, 0.4) is 0 Å². The monoisotopic (exact) mass is 391 g/mol. The standard InChI is InChI=1S/C19H29N5O2S/c1-14(2)16-11-15(26-23-16)12-21-19(20-3)22-13-17(18-5-4-10-27-18)24-6-8-25-9-7-24/h4-5,10-11,14,17H,6-9,12-13H2,1-3H3,(H2,20,21,22). The lowest BCUT2D eigenvalue weighted by atomic mass is 10.1. The second-order valence-corrected chi connectivity index (χ2v) is 7.84. The minimum atomic E-state index is 0.310. The molecular formula is C19H29N5O2S. The molecule has 2 aromatic rings. The number of aliphatic imine (C=N–C) groups is 1. The van der Waals surface area contributed by atoms with Crippen molar-refractivity contribution in [2.45, 2.75) is 32.4 Å². The van der Waals surface area contributed by atoms with Gasteiger partial charge in [0.1, 0.15) is 0 Å². The van der Waals surface area contributed by atoms with Crippen molar-refractivity contribution in [2.75, 3.05) is 39.9 Å². The van der Waals surface area contributed by atoms with Crippen molar-refractivity contribution >= 4 is 17.3 Å². The molecule has 8 heteroatoms. The number of thiophene rings is 1. The molecule has 2 aromatic heterocycles. The van der Waals surface area contributed by atoms with E-state index in [1.165, 1.54) is 4.88 Å². The Labute approximate surface area is 164 Å². The molecule has 3 heterocycles. The second-order valence-electron chi connectivity index (χ2n) is 6.86. The van der Waals surface area contributed by atoms with Gasteiger partial charge >= 0.3 is 0 Å². The van der Waals surface area contributed by atoms with Crippen LogP contribution in [0.2, 0.25) is 0 Å². The summed E-state index contributed by atoms with van der Waals surface area (Å²) in [6.07, 6.45) is 0. The molecule has 3 rings (SSSR count). The maximum absolute atomic E-state index is 5.51. The zero-order chi connectivity index (χ0) is 19.1. The first kappa shape index (κ1) is 19.9. The molecule has 0 bridgehead atoms. The molecule has 1 aliphatic rings. The zero-order valence-corrected chi connectivity index (χ0v) is 17.1. The molecule has 0 radical (unpaired) electrons. The Balaban J connectivity index is 1.55. The fraction of sp³-hybridized carbons (Fsp3) is 0.579. The molecule has 7 nitrogen and oxygen atoms in total. The van der Waals surface area contributed by atoms with E-state index in [2.05, 4.69) is 57.0 Å². The van der Waals surface area contributed by atoms with Crippen LogP contribution in [0.4, 0.5) is 0 Å². The summed E-state index contributed by atoms with van der Waals surface area (Å²) < 4.78 is 10.9. The van der Waals surface area contributed by atoms with E-state index < -0.39 is 0 Å². The Hall–Kier alpha value is -1.90. The summed E-state index contributed by atoms with van der Waals surface area (Å²) in [5.74, 6) is 1.93. The molecule has 1 aliphatic heterocycles. The van der Waals surface area contributed by atoms with Gasteiger partial charge < -0.3 is 19.9 Å². The quantitative estimate of drug-likeness (QED) is 0.558. The number of guanidine groups is 1. The normalized spacial score (nSPS) is 17.3. The summed E-state index contributed by atoms with van der Waals surface area (Å²) in [4.78, 5) is 8.17. The molecule has 1 unspecified atom stereocenters. The number of aromatic nitrogens is 1. The minimum absolute atomic E-state index is 0.310. The van der Waals surface area contributed by atoms with Gasteiger partial charge in [0, 0.05) is 37.6 Å². The molecule has 0 amide bonds. The number of nitrogens with one attached hydrogen (secondary N) is 2. The van der Waals surface area contributed by atoms with Crippen LogP contribution in [0.1, 0.15) is 42.1 Å². The van der Waals surface area contributed by atoms with Gasteiger partial charge in [0.2, 0.25) is 0 Å². The van der Waals surface area contributed by atoms with E-state index in [0.29, 0.717) is 18.5 Å². The van der Waals surface area contributed by atoms with Crippen molar-refractivity contribution in [1.82, 2.24) is 20.7 Å². The lowest BCUT2D eigenvalue weighted by Crippen LogP contribution is -2.46. The summed E-state index contributed by atoms with van der Waals surface area (Å²) in [7, 11) is 1.78. The first-order valence-electron chi connectivity index (χ1n) is 9.42. The summed E-state index contributed by atoms with van der Waals surface area (Å²) in [6, 6.07) is 6.61. The third-order valence-electron chi connectivity index (χ3n) is 4.64. The summed E-state index contributed by atoms with van der Waals surface area (Å²) in [5.41, 5.74) is 0.972. The molecule has 0 spiro atoms. The van der Waals surface area contributed by atoms with Crippen LogP contribution in [0.15, 0.2) is 33.1 Å². The zero-order valence-electron chi connectivity index (χ0n) is 16.3. The average molecular weight is 392 g/mol. The number of hydrogen-bond acceptors (Lipinski definition) is 6. The maximum Gasteiger partial charge on any atom is 0.191 e. The van der Waals surface area contributed by atoms with E-state index >= 15 is 0 Å². The highest BCUT2D eigenvalue weighted by Crippen LogP contribution is 2.25. The Morgan fingerprint density at radius 3 is 2.78 bits per heavy atom. The summed E-state index contributed by atoms with van der Waals surface area (Å²) in [5, 5.41) is 13.0. The van der Waals surface area contributed by atoms with E-state index in [1.54, 1.807) is 18.4 Å². The predicted octanol–water partition coefficient (Wildman–Crippen LogP) is 2.60. The van der Waals surface area contributed by atoms with E-state index in [4.69, 9.17) is 9.26 Å². The van der Waals surface area contributed by atoms with Crippen molar-refractivity contribution in [3.05, 3.63) is 39.9 Å². The molecule has 2 N–H and O–H groups in total. The molecular weight excluding hydrogens is 362 g/mol. The second kappa shape index (κ2) is 9.87. The van der Waals surface area contributed by atoms with Gasteiger partial charge in [0.25, 0.3) is 0 Å². The molecule has 0 aliphatic carbocycles. The number of rotatable bonds is 7. The van der Waals surface area contributed by atoms with E-state index in [0.717, 1.165) is 50.3 Å². The van der Waals surface area contributed by atoms with Crippen LogP contribution in [0.5, 0.6) is 0 Å². The largest absolute Gasteiger partial charge is 0.379 e. The van der Waals surface area contributed by atoms with Gasteiger partial charge in [0.05, 0.1) is 31.5 Å². The van der Waals surface area contributed by atoms with Crippen molar-refractivity contribution < 1.29 is 9.26 Å². The Kier molecular flexibility index (Phi) is 7.25. The fourth-order valence-electron chi connectivity index (χ4n) is 3.05. The minimum Gasteiger partial charge on any atom is -0.379 e. The van der Waals surface area contributed by atoms with Crippen LogP contribution in [-0.4, -0.2) is 55.9 Å². The Morgan fingerprint density at radius 2 is 2.15 bits per heavy atom. The molecule has 27 heavy (non-hydrogen) atoms. The predicted molar refractivity (Wildman–Crippen MR) is 108 cm³/mol. The highest BCUT2D eigenvalue weighted by molar-refractivity contribution is 7.10. The van der Waals surface area contributed by atoms with Crippen LogP contribution in [0.25, 0.3) is 0 Å².